The number of rotatable bonds is 9. The lowest BCUT2D eigenvalue weighted by atomic mass is 10.2. The topological polar surface area (TPSA) is 76.2 Å². The minimum atomic E-state index is -0.232. The summed E-state index contributed by atoms with van der Waals surface area (Å²) in [6, 6.07) is 15.5. The maximum atomic E-state index is 12.1. The molecule has 6 nitrogen and oxygen atoms in total. The van der Waals surface area contributed by atoms with Crippen molar-refractivity contribution in [2.45, 2.75) is 25.9 Å². The summed E-state index contributed by atoms with van der Waals surface area (Å²) in [6.45, 7) is 1.12. The van der Waals surface area contributed by atoms with E-state index in [0.29, 0.717) is 12.4 Å². The van der Waals surface area contributed by atoms with Gasteiger partial charge in [0.25, 0.3) is 5.91 Å². The molecular weight excluding hydrogens is 342 g/mol. The van der Waals surface area contributed by atoms with Crippen LogP contribution >= 0.6 is 0 Å². The van der Waals surface area contributed by atoms with Gasteiger partial charge in [-0.3, -0.25) is 9.89 Å². The van der Waals surface area contributed by atoms with Crippen molar-refractivity contribution in [1.82, 2.24) is 10.2 Å². The van der Waals surface area contributed by atoms with E-state index in [9.17, 15) is 4.79 Å². The maximum Gasteiger partial charge on any atom is 0.251 e. The molecule has 1 amide bonds. The number of amides is 1. The lowest BCUT2D eigenvalue weighted by Gasteiger charge is -2.06. The van der Waals surface area contributed by atoms with Gasteiger partial charge in [0.05, 0.1) is 18.7 Å². The first kappa shape index (κ1) is 17.5. The van der Waals surface area contributed by atoms with Gasteiger partial charge in [0, 0.05) is 11.5 Å². The first-order valence-electron chi connectivity index (χ1n) is 9.30. The quantitative estimate of drug-likeness (QED) is 0.603. The number of H-pyrrole nitrogens is 1. The summed E-state index contributed by atoms with van der Waals surface area (Å²) in [4.78, 5) is 12.1. The number of aromatic amines is 1. The van der Waals surface area contributed by atoms with Crippen LogP contribution in [-0.4, -0.2) is 29.3 Å². The normalized spacial score (nSPS) is 13.6. The second-order valence-electron chi connectivity index (χ2n) is 6.89. The molecule has 6 heteroatoms. The number of carbonyl (C=O) groups is 1. The van der Waals surface area contributed by atoms with E-state index in [4.69, 9.17) is 9.47 Å². The van der Waals surface area contributed by atoms with Gasteiger partial charge in [-0.15, -0.1) is 0 Å². The Morgan fingerprint density at radius 2 is 2.04 bits per heavy atom. The van der Waals surface area contributed by atoms with Crippen LogP contribution in [0.2, 0.25) is 0 Å². The number of nitrogens with one attached hydrogen (secondary N) is 2. The molecule has 2 N–H and O–H groups in total. The molecular formula is C21H23N3O3. The Morgan fingerprint density at radius 1 is 1.19 bits per heavy atom. The third kappa shape index (κ3) is 4.86. The Hall–Kier alpha value is -2.86. The predicted molar refractivity (Wildman–Crippen MR) is 104 cm³/mol. The molecule has 0 radical (unpaired) electrons. The minimum Gasteiger partial charge on any atom is -0.494 e. The molecule has 1 saturated carbocycles. The molecule has 3 aromatic rings. The van der Waals surface area contributed by atoms with Gasteiger partial charge < -0.3 is 14.8 Å². The molecule has 27 heavy (non-hydrogen) atoms. The average Bonchev–Trinajstić information content (AvgIpc) is 3.43. The number of ether oxygens (including phenoxy) is 2. The van der Waals surface area contributed by atoms with Gasteiger partial charge in [-0.1, -0.05) is 43.2 Å². The van der Waals surface area contributed by atoms with Crippen LogP contribution in [0, 0.1) is 5.92 Å². The monoisotopic (exact) mass is 365 g/mol. The second kappa shape index (κ2) is 8.22. The Bertz CT molecular complexity index is 903. The van der Waals surface area contributed by atoms with E-state index in [1.165, 1.54) is 12.8 Å². The molecule has 1 fully saturated rings. The lowest BCUT2D eigenvalue weighted by molar-refractivity contribution is -0.121. The summed E-state index contributed by atoms with van der Waals surface area (Å²) in [7, 11) is 0. The van der Waals surface area contributed by atoms with E-state index in [-0.39, 0.29) is 12.5 Å². The molecule has 0 saturated heterocycles. The van der Waals surface area contributed by atoms with Crippen LogP contribution < -0.4 is 10.1 Å². The van der Waals surface area contributed by atoms with Crippen LogP contribution in [0.25, 0.3) is 10.9 Å². The molecule has 140 valence electrons. The standard InChI is InChI=1S/C21H23N3O3/c25-20(14-26-13-16-4-2-1-3-5-16)22-21-18-9-8-17(12-19(18)23-24-21)27-11-10-15-6-7-15/h1-5,8-9,12,15H,6-7,10-11,13-14H2,(H2,22,23,24,25). The maximum absolute atomic E-state index is 12.1. The third-order valence-corrected chi connectivity index (χ3v) is 4.63. The number of fused-ring (bicyclic) bond motifs is 1. The van der Waals surface area contributed by atoms with Gasteiger partial charge in [-0.05, 0) is 30.0 Å². The van der Waals surface area contributed by atoms with Gasteiger partial charge in [0.2, 0.25) is 0 Å². The number of aromatic nitrogens is 2. The van der Waals surface area contributed by atoms with Crippen molar-refractivity contribution in [3.05, 3.63) is 54.1 Å². The average molecular weight is 365 g/mol. The Kier molecular flexibility index (Phi) is 5.34. The summed E-state index contributed by atoms with van der Waals surface area (Å²) in [5, 5.41) is 10.8. The minimum absolute atomic E-state index is 0.0222. The molecule has 4 rings (SSSR count). The van der Waals surface area contributed by atoms with E-state index in [1.807, 2.05) is 48.5 Å². The van der Waals surface area contributed by atoms with Crippen LogP contribution in [-0.2, 0) is 16.1 Å². The van der Waals surface area contributed by atoms with Gasteiger partial charge in [0.1, 0.15) is 12.4 Å². The van der Waals surface area contributed by atoms with E-state index in [1.54, 1.807) is 0 Å². The first-order chi connectivity index (χ1) is 13.3. The third-order valence-electron chi connectivity index (χ3n) is 4.63. The molecule has 0 spiro atoms. The second-order valence-corrected chi connectivity index (χ2v) is 6.89. The number of hydrogen-bond donors (Lipinski definition) is 2. The highest BCUT2D eigenvalue weighted by Gasteiger charge is 2.20. The van der Waals surface area contributed by atoms with Crippen LogP contribution in [0.3, 0.4) is 0 Å². The van der Waals surface area contributed by atoms with Gasteiger partial charge in [0.15, 0.2) is 5.82 Å². The molecule has 0 atom stereocenters. The number of nitrogens with zero attached hydrogens (tertiary/aromatic N) is 1. The molecule has 2 aromatic carbocycles. The highest BCUT2D eigenvalue weighted by molar-refractivity contribution is 6.00. The summed E-state index contributed by atoms with van der Waals surface area (Å²) in [5.74, 6) is 1.94. The molecule has 1 aliphatic carbocycles. The lowest BCUT2D eigenvalue weighted by Crippen LogP contribution is -2.18. The van der Waals surface area contributed by atoms with Crippen molar-refractivity contribution >= 4 is 22.6 Å². The fourth-order valence-corrected chi connectivity index (χ4v) is 2.94. The van der Waals surface area contributed by atoms with Crippen molar-refractivity contribution in [2.24, 2.45) is 5.92 Å². The molecule has 1 aromatic heterocycles. The van der Waals surface area contributed by atoms with Crippen molar-refractivity contribution in [3.8, 4) is 5.75 Å². The van der Waals surface area contributed by atoms with E-state index >= 15 is 0 Å². The largest absolute Gasteiger partial charge is 0.494 e. The van der Waals surface area contributed by atoms with Gasteiger partial charge >= 0.3 is 0 Å². The number of hydrogen-bond acceptors (Lipinski definition) is 4. The van der Waals surface area contributed by atoms with Crippen LogP contribution in [0.4, 0.5) is 5.82 Å². The van der Waals surface area contributed by atoms with Crippen LogP contribution in [0.1, 0.15) is 24.8 Å². The van der Waals surface area contributed by atoms with Crippen LogP contribution in [0.5, 0.6) is 5.75 Å². The first-order valence-corrected chi connectivity index (χ1v) is 9.30. The number of anilines is 1. The van der Waals surface area contributed by atoms with Crippen LogP contribution in [0.15, 0.2) is 48.5 Å². The van der Waals surface area contributed by atoms with Crippen molar-refractivity contribution < 1.29 is 14.3 Å². The summed E-state index contributed by atoms with van der Waals surface area (Å²) in [6.07, 6.45) is 3.79. The summed E-state index contributed by atoms with van der Waals surface area (Å²) in [5.41, 5.74) is 1.86. The highest BCUT2D eigenvalue weighted by Crippen LogP contribution is 2.32. The zero-order valence-electron chi connectivity index (χ0n) is 15.1. The van der Waals surface area contributed by atoms with E-state index in [0.717, 1.165) is 41.2 Å². The predicted octanol–water partition coefficient (Wildman–Crippen LogP) is 3.90. The van der Waals surface area contributed by atoms with Crippen molar-refractivity contribution in [1.29, 1.82) is 0 Å². The molecule has 0 unspecified atom stereocenters. The van der Waals surface area contributed by atoms with Gasteiger partial charge in [-0.2, -0.15) is 5.10 Å². The smallest absolute Gasteiger partial charge is 0.251 e. The Labute approximate surface area is 157 Å². The SMILES string of the molecule is O=C(COCc1ccccc1)Nc1n[nH]c2cc(OCCC3CC3)ccc12. The summed E-state index contributed by atoms with van der Waals surface area (Å²) >= 11 is 0. The fraction of sp³-hybridized carbons (Fsp3) is 0.333. The van der Waals surface area contributed by atoms with Crippen molar-refractivity contribution in [2.75, 3.05) is 18.5 Å². The Balaban J connectivity index is 1.29. The zero-order valence-corrected chi connectivity index (χ0v) is 15.1. The van der Waals surface area contributed by atoms with E-state index < -0.39 is 0 Å². The number of carbonyl (C=O) groups excluding carboxylic acids is 1. The van der Waals surface area contributed by atoms with E-state index in [2.05, 4.69) is 15.5 Å². The highest BCUT2D eigenvalue weighted by atomic mass is 16.5. The van der Waals surface area contributed by atoms with Crippen molar-refractivity contribution in [3.63, 3.8) is 0 Å². The molecule has 0 bridgehead atoms. The fourth-order valence-electron chi connectivity index (χ4n) is 2.94. The van der Waals surface area contributed by atoms with Gasteiger partial charge in [-0.25, -0.2) is 0 Å². The summed E-state index contributed by atoms with van der Waals surface area (Å²) < 4.78 is 11.3. The molecule has 1 heterocycles. The molecule has 0 aliphatic heterocycles. The zero-order chi connectivity index (χ0) is 18.5. The number of benzene rings is 2. The Morgan fingerprint density at radius 3 is 2.85 bits per heavy atom. The molecule has 1 aliphatic rings.